The number of nitrogens with zero attached hydrogens (tertiary/aromatic N) is 2. The van der Waals surface area contributed by atoms with Gasteiger partial charge in [0.15, 0.2) is 0 Å². The van der Waals surface area contributed by atoms with Crippen molar-refractivity contribution in [2.75, 3.05) is 11.4 Å². The number of carbonyl (C=O) groups excluding carboxylic acids is 2. The van der Waals surface area contributed by atoms with Crippen molar-refractivity contribution in [1.82, 2.24) is 10.3 Å². The highest BCUT2D eigenvalue weighted by atomic mass is 32.2. The first-order chi connectivity index (χ1) is 13.6. The maximum atomic E-state index is 13.0. The molecule has 28 heavy (non-hydrogen) atoms. The highest BCUT2D eigenvalue weighted by Gasteiger charge is 2.26. The summed E-state index contributed by atoms with van der Waals surface area (Å²) >= 11 is 3.12. The van der Waals surface area contributed by atoms with Crippen LogP contribution in [0.1, 0.15) is 38.3 Å². The molecule has 0 radical (unpaired) electrons. The Bertz CT molecular complexity index is 1060. The van der Waals surface area contributed by atoms with Crippen molar-refractivity contribution in [3.8, 4) is 0 Å². The molecule has 1 aliphatic heterocycles. The van der Waals surface area contributed by atoms with E-state index in [9.17, 15) is 9.59 Å². The summed E-state index contributed by atoms with van der Waals surface area (Å²) in [5, 5.41) is 5.82. The zero-order chi connectivity index (χ0) is 19.7. The van der Waals surface area contributed by atoms with Gasteiger partial charge in [0.25, 0.3) is 11.8 Å². The first-order valence-electron chi connectivity index (χ1n) is 8.99. The standard InChI is InChI=1S/C21H19N3O2S2/c1-3-24-17-10-14(20(25)22-11-15-12-27-13(2)23-15)8-9-19(17)28-18-7-5-4-6-16(18)21(24)26/h4-10,12H,3,11H2,1-2H3,(H,22,25). The number of aryl methyl sites for hydroxylation is 1. The molecule has 0 unspecified atom stereocenters. The number of amides is 2. The first-order valence-corrected chi connectivity index (χ1v) is 10.7. The number of benzene rings is 2. The molecule has 7 heteroatoms. The molecule has 1 N–H and O–H groups in total. The van der Waals surface area contributed by atoms with Gasteiger partial charge in [0.2, 0.25) is 0 Å². The minimum Gasteiger partial charge on any atom is -0.346 e. The van der Waals surface area contributed by atoms with Gasteiger partial charge in [0.1, 0.15) is 0 Å². The summed E-state index contributed by atoms with van der Waals surface area (Å²) in [5.41, 5.74) is 2.84. The minimum atomic E-state index is -0.177. The lowest BCUT2D eigenvalue weighted by Gasteiger charge is -2.21. The van der Waals surface area contributed by atoms with Gasteiger partial charge in [-0.25, -0.2) is 4.98 Å². The SMILES string of the molecule is CCN1C(=O)c2ccccc2Sc2ccc(C(=O)NCc3csc(C)n3)cc21. The maximum absolute atomic E-state index is 13.0. The average molecular weight is 410 g/mol. The Morgan fingerprint density at radius 2 is 2.00 bits per heavy atom. The molecule has 0 atom stereocenters. The van der Waals surface area contributed by atoms with E-state index in [2.05, 4.69) is 10.3 Å². The second kappa shape index (κ2) is 7.77. The molecular weight excluding hydrogens is 390 g/mol. The van der Waals surface area contributed by atoms with Crippen molar-refractivity contribution >= 4 is 40.6 Å². The highest BCUT2D eigenvalue weighted by Crippen LogP contribution is 2.41. The number of fused-ring (bicyclic) bond motifs is 2. The van der Waals surface area contributed by atoms with Crippen LogP contribution in [0.15, 0.2) is 57.6 Å². The summed E-state index contributed by atoms with van der Waals surface area (Å²) in [6.45, 7) is 4.80. The van der Waals surface area contributed by atoms with Gasteiger partial charge < -0.3 is 10.2 Å². The molecule has 2 aromatic carbocycles. The topological polar surface area (TPSA) is 62.3 Å². The highest BCUT2D eigenvalue weighted by molar-refractivity contribution is 7.99. The molecule has 0 aliphatic carbocycles. The summed E-state index contributed by atoms with van der Waals surface area (Å²) in [6.07, 6.45) is 0. The Balaban J connectivity index is 1.63. The van der Waals surface area contributed by atoms with Gasteiger partial charge in [-0.2, -0.15) is 0 Å². The summed E-state index contributed by atoms with van der Waals surface area (Å²) in [7, 11) is 0. The molecule has 4 rings (SSSR count). The lowest BCUT2D eigenvalue weighted by Crippen LogP contribution is -2.31. The van der Waals surface area contributed by atoms with Gasteiger partial charge in [0.05, 0.1) is 28.5 Å². The lowest BCUT2D eigenvalue weighted by atomic mass is 10.1. The Morgan fingerprint density at radius 1 is 1.18 bits per heavy atom. The molecule has 0 bridgehead atoms. The fourth-order valence-corrected chi connectivity index (χ4v) is 4.81. The monoisotopic (exact) mass is 409 g/mol. The second-order valence-electron chi connectivity index (χ2n) is 6.37. The van der Waals surface area contributed by atoms with Crippen LogP contribution in [-0.4, -0.2) is 23.3 Å². The molecule has 5 nitrogen and oxygen atoms in total. The number of thiazole rings is 1. The van der Waals surface area contributed by atoms with Crippen molar-refractivity contribution in [1.29, 1.82) is 0 Å². The summed E-state index contributed by atoms with van der Waals surface area (Å²) in [4.78, 5) is 33.7. The molecule has 0 spiro atoms. The Labute approximate surface area is 171 Å². The Hall–Kier alpha value is -2.64. The van der Waals surface area contributed by atoms with Crippen molar-refractivity contribution in [3.05, 3.63) is 69.7 Å². The quantitative estimate of drug-likeness (QED) is 0.689. The van der Waals surface area contributed by atoms with Crippen LogP contribution < -0.4 is 10.2 Å². The van der Waals surface area contributed by atoms with Gasteiger partial charge >= 0.3 is 0 Å². The van der Waals surface area contributed by atoms with Gasteiger partial charge in [-0.1, -0.05) is 23.9 Å². The van der Waals surface area contributed by atoms with Gasteiger partial charge in [-0.05, 0) is 44.2 Å². The van der Waals surface area contributed by atoms with E-state index in [0.717, 1.165) is 26.2 Å². The fraction of sp³-hybridized carbons (Fsp3) is 0.190. The molecule has 0 saturated carbocycles. The van der Waals surface area contributed by atoms with E-state index < -0.39 is 0 Å². The van der Waals surface area contributed by atoms with E-state index in [4.69, 9.17) is 0 Å². The van der Waals surface area contributed by atoms with Crippen LogP contribution in [0.2, 0.25) is 0 Å². The van der Waals surface area contributed by atoms with Crippen molar-refractivity contribution in [2.45, 2.75) is 30.2 Å². The largest absolute Gasteiger partial charge is 0.346 e. The van der Waals surface area contributed by atoms with Crippen molar-refractivity contribution < 1.29 is 9.59 Å². The predicted molar refractivity (Wildman–Crippen MR) is 112 cm³/mol. The van der Waals surface area contributed by atoms with Crippen LogP contribution in [0.5, 0.6) is 0 Å². The number of aromatic nitrogens is 1. The van der Waals surface area contributed by atoms with Crippen LogP contribution in [0.3, 0.4) is 0 Å². The average Bonchev–Trinajstić information content (AvgIpc) is 3.08. The number of carbonyl (C=O) groups is 2. The normalized spacial score (nSPS) is 12.9. The van der Waals surface area contributed by atoms with E-state index in [-0.39, 0.29) is 11.8 Å². The van der Waals surface area contributed by atoms with E-state index in [1.54, 1.807) is 40.1 Å². The second-order valence-corrected chi connectivity index (χ2v) is 8.52. The lowest BCUT2D eigenvalue weighted by molar-refractivity contribution is 0.0947. The molecule has 1 aliphatic rings. The van der Waals surface area contributed by atoms with Crippen molar-refractivity contribution in [2.24, 2.45) is 0 Å². The molecule has 0 fully saturated rings. The smallest absolute Gasteiger partial charge is 0.259 e. The third-order valence-corrected chi connectivity index (χ3v) is 6.47. The third kappa shape index (κ3) is 3.55. The molecule has 142 valence electrons. The number of nitrogens with one attached hydrogen (secondary N) is 1. The van der Waals surface area contributed by atoms with E-state index >= 15 is 0 Å². The predicted octanol–water partition coefficient (Wildman–Crippen LogP) is 4.51. The summed E-state index contributed by atoms with van der Waals surface area (Å²) in [6, 6.07) is 13.1. The molecule has 0 saturated heterocycles. The Kier molecular flexibility index (Phi) is 5.19. The minimum absolute atomic E-state index is 0.0418. The molecular formula is C21H19N3O2S2. The van der Waals surface area contributed by atoms with E-state index in [1.165, 1.54) is 0 Å². The number of rotatable bonds is 4. The van der Waals surface area contributed by atoms with Crippen LogP contribution in [0, 0.1) is 6.92 Å². The van der Waals surface area contributed by atoms with Gasteiger partial charge in [-0.3, -0.25) is 9.59 Å². The third-order valence-electron chi connectivity index (χ3n) is 4.51. The molecule has 3 aromatic rings. The van der Waals surface area contributed by atoms with Crippen molar-refractivity contribution in [3.63, 3.8) is 0 Å². The molecule has 1 aromatic heterocycles. The number of hydrogen-bond donors (Lipinski definition) is 1. The zero-order valence-electron chi connectivity index (χ0n) is 15.6. The number of anilines is 1. The van der Waals surface area contributed by atoms with Crippen LogP contribution in [-0.2, 0) is 6.54 Å². The van der Waals surface area contributed by atoms with Crippen LogP contribution >= 0.6 is 23.1 Å². The first kappa shape index (κ1) is 18.7. The summed E-state index contributed by atoms with van der Waals surface area (Å²) in [5.74, 6) is -0.219. The molecule has 2 heterocycles. The fourth-order valence-electron chi connectivity index (χ4n) is 3.14. The molecule has 2 amide bonds. The van der Waals surface area contributed by atoms with Crippen LogP contribution in [0.25, 0.3) is 0 Å². The Morgan fingerprint density at radius 3 is 2.75 bits per heavy atom. The number of hydrogen-bond acceptors (Lipinski definition) is 5. The van der Waals surface area contributed by atoms with Gasteiger partial charge in [-0.15, -0.1) is 11.3 Å². The van der Waals surface area contributed by atoms with Crippen LogP contribution in [0.4, 0.5) is 5.69 Å². The maximum Gasteiger partial charge on any atom is 0.259 e. The summed E-state index contributed by atoms with van der Waals surface area (Å²) < 4.78 is 0. The zero-order valence-corrected chi connectivity index (χ0v) is 17.2. The van der Waals surface area contributed by atoms with E-state index in [1.807, 2.05) is 49.6 Å². The van der Waals surface area contributed by atoms with Gasteiger partial charge in [0, 0.05) is 27.3 Å². The van der Waals surface area contributed by atoms with E-state index in [0.29, 0.717) is 24.2 Å².